The Balaban J connectivity index is 1.95. The van der Waals surface area contributed by atoms with E-state index in [1.165, 1.54) is 5.56 Å². The second-order valence-electron chi connectivity index (χ2n) is 5.59. The molecule has 0 heterocycles. The van der Waals surface area contributed by atoms with Crippen LogP contribution in [0.3, 0.4) is 0 Å². The van der Waals surface area contributed by atoms with Crippen molar-refractivity contribution in [2.24, 2.45) is 0 Å². The van der Waals surface area contributed by atoms with Crippen LogP contribution in [-0.4, -0.2) is 8.32 Å². The fourth-order valence-corrected chi connectivity index (χ4v) is 5.13. The third kappa shape index (κ3) is 4.37. The first-order valence-electron chi connectivity index (χ1n) is 8.17. The summed E-state index contributed by atoms with van der Waals surface area (Å²) in [5.74, 6) is 1.86. The van der Waals surface area contributed by atoms with Gasteiger partial charge in [0.1, 0.15) is 18.1 Å². The molecule has 0 aliphatic rings. The van der Waals surface area contributed by atoms with E-state index >= 15 is 0 Å². The van der Waals surface area contributed by atoms with Gasteiger partial charge in [-0.25, -0.2) is 0 Å². The summed E-state index contributed by atoms with van der Waals surface area (Å²) in [6.45, 7) is 7.34. The van der Waals surface area contributed by atoms with Crippen molar-refractivity contribution in [3.8, 4) is 11.5 Å². The maximum atomic E-state index is 6.35. The first kappa shape index (κ1) is 16.6. The van der Waals surface area contributed by atoms with Crippen molar-refractivity contribution in [3.05, 3.63) is 60.2 Å². The van der Waals surface area contributed by atoms with E-state index in [9.17, 15) is 0 Å². The largest absolute Gasteiger partial charge is 0.544 e. The molecule has 22 heavy (non-hydrogen) atoms. The molecule has 2 nitrogen and oxygen atoms in total. The summed E-state index contributed by atoms with van der Waals surface area (Å²) < 4.78 is 12.2. The average Bonchev–Trinajstić information content (AvgIpc) is 2.60. The third-order valence-corrected chi connectivity index (χ3v) is 8.87. The molecule has 0 saturated heterocycles. The highest BCUT2D eigenvalue weighted by Crippen LogP contribution is 2.27. The Hall–Kier alpha value is -1.74. The minimum atomic E-state index is -1.59. The van der Waals surface area contributed by atoms with Crippen LogP contribution >= 0.6 is 0 Å². The van der Waals surface area contributed by atoms with Crippen molar-refractivity contribution in [1.29, 1.82) is 0 Å². The van der Waals surface area contributed by atoms with Crippen molar-refractivity contribution in [2.75, 3.05) is 0 Å². The summed E-state index contributed by atoms with van der Waals surface area (Å²) in [4.78, 5) is 0. The van der Waals surface area contributed by atoms with Crippen LogP contribution in [0.15, 0.2) is 54.6 Å². The molecule has 3 heteroatoms. The van der Waals surface area contributed by atoms with E-state index in [-0.39, 0.29) is 0 Å². The van der Waals surface area contributed by atoms with E-state index in [1.807, 2.05) is 42.5 Å². The van der Waals surface area contributed by atoms with Gasteiger partial charge < -0.3 is 9.16 Å². The van der Waals surface area contributed by atoms with Gasteiger partial charge in [-0.15, -0.1) is 0 Å². The Morgan fingerprint density at radius 1 is 0.727 bits per heavy atom. The van der Waals surface area contributed by atoms with Gasteiger partial charge in [0, 0.05) is 0 Å². The van der Waals surface area contributed by atoms with Gasteiger partial charge >= 0.3 is 0 Å². The molecular weight excluding hydrogens is 288 g/mol. The predicted molar refractivity (Wildman–Crippen MR) is 95.0 cm³/mol. The molecule has 2 aromatic rings. The Morgan fingerprint density at radius 2 is 1.27 bits per heavy atom. The molecule has 0 fully saturated rings. The molecule has 0 bridgehead atoms. The summed E-state index contributed by atoms with van der Waals surface area (Å²) in [6.07, 6.45) is 0. The Morgan fingerprint density at radius 3 is 1.82 bits per heavy atom. The molecule has 0 spiro atoms. The zero-order valence-corrected chi connectivity index (χ0v) is 14.8. The van der Waals surface area contributed by atoms with Crippen LogP contribution in [0.25, 0.3) is 0 Å². The maximum Gasteiger partial charge on any atom is 0.250 e. The van der Waals surface area contributed by atoms with E-state index in [0.29, 0.717) is 6.61 Å². The number of hydrogen-bond donors (Lipinski definition) is 0. The van der Waals surface area contributed by atoms with Crippen molar-refractivity contribution in [2.45, 2.75) is 45.5 Å². The van der Waals surface area contributed by atoms with E-state index < -0.39 is 8.32 Å². The summed E-state index contributed by atoms with van der Waals surface area (Å²) in [6, 6.07) is 21.7. The Bertz CT molecular complexity index is 539. The topological polar surface area (TPSA) is 18.5 Å². The molecule has 0 radical (unpaired) electrons. The van der Waals surface area contributed by atoms with Crippen LogP contribution in [0.5, 0.6) is 11.5 Å². The van der Waals surface area contributed by atoms with Gasteiger partial charge in [-0.2, -0.15) is 0 Å². The highest BCUT2D eigenvalue weighted by Gasteiger charge is 2.30. The molecule has 0 saturated carbocycles. The highest BCUT2D eigenvalue weighted by atomic mass is 28.4. The van der Waals surface area contributed by atoms with Crippen molar-refractivity contribution < 1.29 is 9.16 Å². The van der Waals surface area contributed by atoms with Gasteiger partial charge in [0.2, 0.25) is 8.32 Å². The van der Waals surface area contributed by atoms with Crippen LogP contribution in [0, 0.1) is 0 Å². The lowest BCUT2D eigenvalue weighted by molar-refractivity contribution is 0.306. The summed E-state index contributed by atoms with van der Waals surface area (Å²) in [5, 5.41) is 0. The van der Waals surface area contributed by atoms with Gasteiger partial charge in [0.15, 0.2) is 0 Å². The Kier molecular flexibility index (Phi) is 6.07. The fraction of sp³-hybridized carbons (Fsp3) is 0.368. The highest BCUT2D eigenvalue weighted by molar-refractivity contribution is 6.74. The predicted octanol–water partition coefficient (Wildman–Crippen LogP) is 5.65. The van der Waals surface area contributed by atoms with Crippen LogP contribution in [0.1, 0.15) is 26.3 Å². The molecule has 0 atom stereocenters. The van der Waals surface area contributed by atoms with E-state index in [1.54, 1.807) is 0 Å². The smallest absolute Gasteiger partial charge is 0.250 e. The quantitative estimate of drug-likeness (QED) is 0.586. The van der Waals surface area contributed by atoms with Gasteiger partial charge in [0.25, 0.3) is 0 Å². The molecule has 0 N–H and O–H groups in total. The first-order chi connectivity index (χ1) is 10.7. The molecule has 0 aliphatic carbocycles. The normalized spacial score (nSPS) is 11.2. The molecule has 0 amide bonds. The van der Waals surface area contributed by atoms with Crippen molar-refractivity contribution in [3.63, 3.8) is 0 Å². The summed E-state index contributed by atoms with van der Waals surface area (Å²) >= 11 is 0. The third-order valence-electron chi connectivity index (χ3n) is 4.34. The van der Waals surface area contributed by atoms with Crippen molar-refractivity contribution >= 4 is 8.32 Å². The van der Waals surface area contributed by atoms with Crippen LogP contribution in [0.4, 0.5) is 0 Å². The summed E-state index contributed by atoms with van der Waals surface area (Å²) in [7, 11) is -1.59. The molecule has 2 rings (SSSR count). The standard InChI is InChI=1S/C19H26O2Si/c1-4-22(5-2,6-3)21-19-14-12-18(13-15-19)20-16-17-10-8-7-9-11-17/h7-15H,4-6,16H2,1-3H3. The van der Waals surface area contributed by atoms with E-state index in [4.69, 9.17) is 9.16 Å². The van der Waals surface area contributed by atoms with Gasteiger partial charge in [0.05, 0.1) is 0 Å². The lowest BCUT2D eigenvalue weighted by Crippen LogP contribution is -2.39. The van der Waals surface area contributed by atoms with Gasteiger partial charge in [-0.1, -0.05) is 51.1 Å². The second-order valence-corrected chi connectivity index (χ2v) is 10.3. The average molecular weight is 315 g/mol. The lowest BCUT2D eigenvalue weighted by atomic mass is 10.2. The SMILES string of the molecule is CC[Si](CC)(CC)Oc1ccc(OCc2ccccc2)cc1. The second kappa shape index (κ2) is 8.04. The zero-order chi connectivity index (χ0) is 15.8. The van der Waals surface area contributed by atoms with Crippen LogP contribution < -0.4 is 9.16 Å². The van der Waals surface area contributed by atoms with Gasteiger partial charge in [-0.3, -0.25) is 0 Å². The molecule has 0 aliphatic heterocycles. The number of ether oxygens (including phenoxy) is 1. The zero-order valence-electron chi connectivity index (χ0n) is 13.8. The molecule has 2 aromatic carbocycles. The fourth-order valence-electron chi connectivity index (χ4n) is 2.56. The maximum absolute atomic E-state index is 6.35. The van der Waals surface area contributed by atoms with Crippen LogP contribution in [0.2, 0.25) is 18.1 Å². The Labute approximate surface area is 135 Å². The molecular formula is C19H26O2Si. The number of benzene rings is 2. The van der Waals surface area contributed by atoms with Crippen LogP contribution in [-0.2, 0) is 6.61 Å². The number of rotatable bonds is 8. The molecule has 118 valence electrons. The van der Waals surface area contributed by atoms with E-state index in [0.717, 1.165) is 29.6 Å². The lowest BCUT2D eigenvalue weighted by Gasteiger charge is -2.29. The number of hydrogen-bond acceptors (Lipinski definition) is 2. The van der Waals surface area contributed by atoms with Gasteiger partial charge in [-0.05, 0) is 48.0 Å². The minimum Gasteiger partial charge on any atom is -0.544 e. The monoisotopic (exact) mass is 314 g/mol. The van der Waals surface area contributed by atoms with Crippen molar-refractivity contribution in [1.82, 2.24) is 0 Å². The van der Waals surface area contributed by atoms with E-state index in [2.05, 4.69) is 32.9 Å². The first-order valence-corrected chi connectivity index (χ1v) is 10.7. The summed E-state index contributed by atoms with van der Waals surface area (Å²) in [5.41, 5.74) is 1.18. The minimum absolute atomic E-state index is 0.596. The molecule has 0 aromatic heterocycles. The molecule has 0 unspecified atom stereocenters.